The van der Waals surface area contributed by atoms with Crippen molar-refractivity contribution in [2.24, 2.45) is 5.11 Å². The molecule has 246 valence electrons. The molecule has 1 heterocycles. The molecule has 8 nitrogen and oxygen atoms in total. The van der Waals surface area contributed by atoms with Gasteiger partial charge in [0.05, 0.1) is 17.0 Å². The molecule has 0 aromatic heterocycles. The van der Waals surface area contributed by atoms with E-state index < -0.39 is 36.9 Å². The summed E-state index contributed by atoms with van der Waals surface area (Å²) in [5, 5.41) is 3.38. The maximum Gasteiger partial charge on any atom is 0.349 e. The first-order valence-electron chi connectivity index (χ1n) is 16.5. The van der Waals surface area contributed by atoms with Gasteiger partial charge in [0.25, 0.3) is 10.1 Å². The highest BCUT2D eigenvalue weighted by Gasteiger charge is 2.62. The van der Waals surface area contributed by atoms with Crippen molar-refractivity contribution in [1.29, 1.82) is 0 Å². The minimum atomic E-state index is -4.08. The van der Waals surface area contributed by atoms with Gasteiger partial charge >= 0.3 is 8.56 Å². The maximum atomic E-state index is 13.5. The van der Waals surface area contributed by atoms with E-state index in [4.69, 9.17) is 13.0 Å². The van der Waals surface area contributed by atoms with Crippen LogP contribution < -0.4 is 0 Å². The number of benzene rings is 1. The largest absolute Gasteiger partial charge is 0.393 e. The van der Waals surface area contributed by atoms with E-state index in [1.807, 2.05) is 6.92 Å². The van der Waals surface area contributed by atoms with Crippen LogP contribution in [-0.2, 0) is 23.2 Å². The Morgan fingerprint density at radius 1 is 0.907 bits per heavy atom. The van der Waals surface area contributed by atoms with Crippen molar-refractivity contribution < 1.29 is 21.5 Å². The molecular formula is C33H59N3O5SSi. The second-order valence-electron chi connectivity index (χ2n) is 14.4. The molecule has 1 fully saturated rings. The van der Waals surface area contributed by atoms with Crippen molar-refractivity contribution in [3.05, 3.63) is 40.3 Å². The van der Waals surface area contributed by atoms with Gasteiger partial charge in [0.1, 0.15) is 6.10 Å². The molecular weight excluding hydrogens is 579 g/mol. The Hall–Kier alpha value is -1.42. The Kier molecular flexibility index (Phi) is 15.2. The third kappa shape index (κ3) is 11.2. The summed E-state index contributed by atoms with van der Waals surface area (Å²) < 4.78 is 46.6. The van der Waals surface area contributed by atoms with Crippen LogP contribution in [0.3, 0.4) is 0 Å². The van der Waals surface area contributed by atoms with Crippen molar-refractivity contribution >= 4 is 18.7 Å². The molecule has 0 radical (unpaired) electrons. The fourth-order valence-corrected chi connectivity index (χ4v) is 12.5. The molecule has 43 heavy (non-hydrogen) atoms. The Morgan fingerprint density at radius 2 is 1.40 bits per heavy atom. The van der Waals surface area contributed by atoms with Gasteiger partial charge in [-0.25, -0.2) is 0 Å². The van der Waals surface area contributed by atoms with E-state index in [1.54, 1.807) is 24.3 Å². The van der Waals surface area contributed by atoms with Crippen LogP contribution in [0.4, 0.5) is 0 Å². The fourth-order valence-electron chi connectivity index (χ4n) is 6.38. The van der Waals surface area contributed by atoms with E-state index in [2.05, 4.69) is 58.5 Å². The van der Waals surface area contributed by atoms with E-state index in [-0.39, 0.29) is 21.6 Å². The maximum absolute atomic E-state index is 13.5. The van der Waals surface area contributed by atoms with Gasteiger partial charge in [0.2, 0.25) is 0 Å². The summed E-state index contributed by atoms with van der Waals surface area (Å²) in [5.41, 5.74) is 10.4. The number of nitrogens with zero attached hydrogens (tertiary/aromatic N) is 3. The van der Waals surface area contributed by atoms with Crippen molar-refractivity contribution in [3.63, 3.8) is 0 Å². The van der Waals surface area contributed by atoms with Crippen LogP contribution in [0.1, 0.15) is 138 Å². The molecule has 1 aromatic rings. The van der Waals surface area contributed by atoms with Gasteiger partial charge in [-0.1, -0.05) is 148 Å². The number of unbranched alkanes of at least 4 members (excludes halogenated alkanes) is 11. The highest BCUT2D eigenvalue weighted by molar-refractivity contribution is 7.86. The molecule has 10 heteroatoms. The second kappa shape index (κ2) is 17.3. The van der Waals surface area contributed by atoms with E-state index in [9.17, 15) is 13.9 Å². The summed E-state index contributed by atoms with van der Waals surface area (Å²) in [7, 11) is -7.07. The smallest absolute Gasteiger partial charge is 0.349 e. The molecule has 0 saturated carbocycles. The zero-order valence-corrected chi connectivity index (χ0v) is 30.0. The van der Waals surface area contributed by atoms with Crippen molar-refractivity contribution in [2.75, 3.05) is 6.61 Å². The average molecular weight is 638 g/mol. The lowest BCUT2D eigenvalue weighted by atomic mass is 10.00. The van der Waals surface area contributed by atoms with Crippen LogP contribution in [-0.4, -0.2) is 41.8 Å². The number of azide groups is 1. The summed E-state index contributed by atoms with van der Waals surface area (Å²) in [4.78, 5) is 3.18. The molecule has 0 bridgehead atoms. The highest BCUT2D eigenvalue weighted by Crippen LogP contribution is 2.54. The van der Waals surface area contributed by atoms with Crippen LogP contribution >= 0.6 is 0 Å². The fraction of sp³-hybridized carbons (Fsp3) is 0.818. The molecule has 1 aliphatic rings. The van der Waals surface area contributed by atoms with E-state index in [0.717, 1.165) is 24.8 Å². The molecule has 0 aliphatic carbocycles. The Balaban J connectivity index is 2.19. The Labute approximate surface area is 263 Å². The lowest BCUT2D eigenvalue weighted by molar-refractivity contribution is -0.0506. The van der Waals surface area contributed by atoms with Gasteiger partial charge in [-0.15, -0.1) is 0 Å². The standard InChI is InChI=1S/C33H59N3O5SSi/c1-9-10-11-12-13-14-15-16-17-18-19-20-21-30(40-42(37,38)28-24-22-27(2)23-25-28)31-29(35-36-34)26-39-43(41-31,32(3,4)5)33(6,7)8/h22-25,29-31H,9-21,26H2,1-8H3/t29-,30+,31-/m0/s1. The molecule has 0 unspecified atom stereocenters. The van der Waals surface area contributed by atoms with E-state index in [1.165, 1.54) is 57.8 Å². The lowest BCUT2D eigenvalue weighted by Crippen LogP contribution is -2.66. The van der Waals surface area contributed by atoms with E-state index >= 15 is 0 Å². The first-order valence-corrected chi connectivity index (χ1v) is 19.8. The third-order valence-corrected chi connectivity index (χ3v) is 15.1. The zero-order valence-electron chi connectivity index (χ0n) is 28.2. The lowest BCUT2D eigenvalue weighted by Gasteiger charge is -2.55. The monoisotopic (exact) mass is 637 g/mol. The normalized spacial score (nSPS) is 20.0. The Bertz CT molecular complexity index is 1090. The average Bonchev–Trinajstić information content (AvgIpc) is 2.92. The predicted octanol–water partition coefficient (Wildman–Crippen LogP) is 10.3. The number of rotatable bonds is 18. The molecule has 0 N–H and O–H groups in total. The number of hydrogen-bond acceptors (Lipinski definition) is 6. The molecule has 2 rings (SSSR count). The van der Waals surface area contributed by atoms with Crippen molar-refractivity contribution in [3.8, 4) is 0 Å². The molecule has 3 atom stereocenters. The molecule has 1 saturated heterocycles. The topological polar surface area (TPSA) is 111 Å². The summed E-state index contributed by atoms with van der Waals surface area (Å²) in [6.45, 7) is 17.0. The summed E-state index contributed by atoms with van der Waals surface area (Å²) in [6, 6.07) is 5.99. The molecule has 1 aliphatic heterocycles. The minimum absolute atomic E-state index is 0.111. The van der Waals surface area contributed by atoms with Gasteiger partial charge in [-0.2, -0.15) is 8.42 Å². The van der Waals surface area contributed by atoms with Crippen molar-refractivity contribution in [2.45, 2.75) is 172 Å². The van der Waals surface area contributed by atoms with Gasteiger partial charge < -0.3 is 8.85 Å². The molecule has 1 aromatic carbocycles. The quantitative estimate of drug-likeness (QED) is 0.0397. The van der Waals surface area contributed by atoms with E-state index in [0.29, 0.717) is 6.42 Å². The van der Waals surface area contributed by atoms with Crippen LogP contribution in [0, 0.1) is 6.92 Å². The van der Waals surface area contributed by atoms with Crippen LogP contribution in [0.25, 0.3) is 10.4 Å². The SMILES string of the molecule is CCCCCCCCCCCCCC[C@@H](OS(=O)(=O)c1ccc(C)cc1)[C@H]1O[Si](C(C)(C)C)(C(C)(C)C)OC[C@@H]1N=[N+]=[N-]. The Morgan fingerprint density at radius 3 is 1.86 bits per heavy atom. The second-order valence-corrected chi connectivity index (χ2v) is 20.7. The van der Waals surface area contributed by atoms with Gasteiger partial charge in [-0.3, -0.25) is 4.18 Å². The van der Waals surface area contributed by atoms with Gasteiger partial charge in [-0.05, 0) is 31.0 Å². The number of hydrogen-bond donors (Lipinski definition) is 0. The van der Waals surface area contributed by atoms with Crippen molar-refractivity contribution in [1.82, 2.24) is 0 Å². The summed E-state index contributed by atoms with van der Waals surface area (Å²) in [6.07, 6.45) is 13.5. The molecule has 0 amide bonds. The van der Waals surface area contributed by atoms with Crippen LogP contribution in [0.15, 0.2) is 34.3 Å². The number of aryl methyl sites for hydroxylation is 1. The zero-order chi connectivity index (χ0) is 32.2. The first kappa shape index (κ1) is 37.8. The minimum Gasteiger partial charge on any atom is -0.393 e. The third-order valence-electron chi connectivity index (χ3n) is 8.58. The molecule has 0 spiro atoms. The van der Waals surface area contributed by atoms with Gasteiger partial charge in [0, 0.05) is 21.6 Å². The highest BCUT2D eigenvalue weighted by atomic mass is 32.2. The van der Waals surface area contributed by atoms with Crippen LogP contribution in [0.5, 0.6) is 0 Å². The van der Waals surface area contributed by atoms with Crippen LogP contribution in [0.2, 0.25) is 10.1 Å². The summed E-state index contributed by atoms with van der Waals surface area (Å²) >= 11 is 0. The first-order chi connectivity index (χ1) is 20.2. The predicted molar refractivity (Wildman–Crippen MR) is 178 cm³/mol. The summed E-state index contributed by atoms with van der Waals surface area (Å²) in [5.74, 6) is 0. The van der Waals surface area contributed by atoms with Gasteiger partial charge in [0.15, 0.2) is 0 Å².